The number of nitrogens with one attached hydrogen (secondary N) is 1. The van der Waals surface area contributed by atoms with Crippen molar-refractivity contribution in [1.82, 2.24) is 20.1 Å². The third-order valence-electron chi connectivity index (χ3n) is 4.01. The molecule has 0 fully saturated rings. The highest BCUT2D eigenvalue weighted by Gasteiger charge is 2.12. The van der Waals surface area contributed by atoms with Crippen molar-refractivity contribution in [2.75, 3.05) is 5.75 Å². The molecule has 1 N–H and O–H groups in total. The first-order valence-electron chi connectivity index (χ1n) is 8.72. The molecule has 9 nitrogen and oxygen atoms in total. The Morgan fingerprint density at radius 3 is 2.59 bits per heavy atom. The average Bonchev–Trinajstić information content (AvgIpc) is 3.09. The van der Waals surface area contributed by atoms with E-state index in [2.05, 4.69) is 15.5 Å². The molecule has 1 amide bonds. The number of hydrogen-bond donors (Lipinski definition) is 1. The second-order valence-corrected chi connectivity index (χ2v) is 6.99. The van der Waals surface area contributed by atoms with Crippen molar-refractivity contribution in [2.45, 2.75) is 18.3 Å². The number of ether oxygens (including phenoxy) is 1. The van der Waals surface area contributed by atoms with E-state index in [-0.39, 0.29) is 24.0 Å². The summed E-state index contributed by atoms with van der Waals surface area (Å²) in [5, 5.41) is 22.3. The van der Waals surface area contributed by atoms with E-state index in [9.17, 15) is 14.9 Å². The van der Waals surface area contributed by atoms with E-state index in [4.69, 9.17) is 4.74 Å². The maximum atomic E-state index is 12.0. The summed E-state index contributed by atoms with van der Waals surface area (Å²) >= 11 is 1.28. The molecule has 0 aliphatic heterocycles. The second-order valence-electron chi connectivity index (χ2n) is 6.05. The van der Waals surface area contributed by atoms with Gasteiger partial charge in [0.05, 0.1) is 10.7 Å². The number of amides is 1. The van der Waals surface area contributed by atoms with Crippen LogP contribution in [-0.4, -0.2) is 31.3 Å². The predicted molar refractivity (Wildman–Crippen MR) is 107 cm³/mol. The molecule has 0 unspecified atom stereocenters. The van der Waals surface area contributed by atoms with Crippen LogP contribution in [0.4, 0.5) is 5.69 Å². The summed E-state index contributed by atoms with van der Waals surface area (Å²) in [7, 11) is 1.79. The number of nitro benzene ring substituents is 1. The van der Waals surface area contributed by atoms with Gasteiger partial charge in [0.2, 0.25) is 5.91 Å². The largest absolute Gasteiger partial charge is 0.486 e. The molecule has 1 aromatic heterocycles. The van der Waals surface area contributed by atoms with E-state index >= 15 is 0 Å². The summed E-state index contributed by atoms with van der Waals surface area (Å²) in [6, 6.07) is 15.5. The van der Waals surface area contributed by atoms with Gasteiger partial charge in [0.15, 0.2) is 11.0 Å². The van der Waals surface area contributed by atoms with Gasteiger partial charge in [-0.25, -0.2) is 0 Å². The van der Waals surface area contributed by atoms with Crippen molar-refractivity contribution in [1.29, 1.82) is 0 Å². The van der Waals surface area contributed by atoms with Crippen LogP contribution in [0.1, 0.15) is 11.4 Å². The van der Waals surface area contributed by atoms with Crippen molar-refractivity contribution in [2.24, 2.45) is 7.05 Å². The Hall–Kier alpha value is -3.40. The normalized spacial score (nSPS) is 10.5. The number of hydrogen-bond acceptors (Lipinski definition) is 7. The molecule has 10 heteroatoms. The lowest BCUT2D eigenvalue weighted by molar-refractivity contribution is -0.384. The van der Waals surface area contributed by atoms with Crippen LogP contribution in [0.3, 0.4) is 0 Å². The fourth-order valence-corrected chi connectivity index (χ4v) is 3.15. The first-order chi connectivity index (χ1) is 14.0. The average molecular weight is 413 g/mol. The molecular weight excluding hydrogens is 394 g/mol. The number of aromatic nitrogens is 3. The number of non-ortho nitro benzene ring substituents is 1. The number of nitrogens with zero attached hydrogens (tertiary/aromatic N) is 4. The molecule has 0 spiro atoms. The number of benzene rings is 2. The van der Waals surface area contributed by atoms with Gasteiger partial charge in [-0.15, -0.1) is 10.2 Å². The van der Waals surface area contributed by atoms with Gasteiger partial charge in [-0.05, 0) is 17.7 Å². The fraction of sp³-hybridized carbons (Fsp3) is 0.211. The van der Waals surface area contributed by atoms with Gasteiger partial charge in [-0.2, -0.15) is 0 Å². The monoisotopic (exact) mass is 413 g/mol. The maximum Gasteiger partial charge on any atom is 0.269 e. The molecule has 29 heavy (non-hydrogen) atoms. The third-order valence-corrected chi connectivity index (χ3v) is 5.03. The first-order valence-corrected chi connectivity index (χ1v) is 9.70. The number of carbonyl (C=O) groups is 1. The standard InChI is InChI=1S/C19H19N5O4S/c1-23-17(12-28-16-9-7-15(8-10-16)24(26)27)21-22-19(23)29-13-18(25)20-11-14-5-3-2-4-6-14/h2-10H,11-13H2,1H3,(H,20,25). The summed E-state index contributed by atoms with van der Waals surface area (Å²) in [6.07, 6.45) is 0. The molecule has 3 aromatic rings. The van der Waals surface area contributed by atoms with Gasteiger partial charge in [0, 0.05) is 25.7 Å². The number of nitro groups is 1. The molecule has 0 atom stereocenters. The maximum absolute atomic E-state index is 12.0. The van der Waals surface area contributed by atoms with Crippen LogP contribution in [0.15, 0.2) is 59.8 Å². The van der Waals surface area contributed by atoms with Crippen molar-refractivity contribution < 1.29 is 14.5 Å². The lowest BCUT2D eigenvalue weighted by atomic mass is 10.2. The second kappa shape index (κ2) is 9.69. The molecule has 0 radical (unpaired) electrons. The Labute approximate surface area is 171 Å². The number of carbonyl (C=O) groups excluding carboxylic acids is 1. The molecule has 1 heterocycles. The molecule has 0 bridgehead atoms. The molecule has 2 aromatic carbocycles. The van der Waals surface area contributed by atoms with Crippen molar-refractivity contribution in [3.63, 3.8) is 0 Å². The van der Waals surface area contributed by atoms with Crippen LogP contribution >= 0.6 is 11.8 Å². The zero-order chi connectivity index (χ0) is 20.6. The molecule has 0 saturated heterocycles. The Morgan fingerprint density at radius 2 is 1.90 bits per heavy atom. The van der Waals surface area contributed by atoms with Crippen molar-refractivity contribution >= 4 is 23.4 Å². The van der Waals surface area contributed by atoms with Crippen LogP contribution < -0.4 is 10.1 Å². The Bertz CT molecular complexity index is 976. The molecule has 0 aliphatic rings. The third kappa shape index (κ3) is 5.79. The molecule has 3 rings (SSSR count). The summed E-state index contributed by atoms with van der Waals surface area (Å²) in [5.41, 5.74) is 1.04. The summed E-state index contributed by atoms with van der Waals surface area (Å²) in [6.45, 7) is 0.634. The highest BCUT2D eigenvalue weighted by molar-refractivity contribution is 7.99. The van der Waals surface area contributed by atoms with E-state index < -0.39 is 4.92 Å². The van der Waals surface area contributed by atoms with E-state index in [0.29, 0.717) is 23.3 Å². The quantitative estimate of drug-likeness (QED) is 0.326. The van der Waals surface area contributed by atoms with Crippen LogP contribution in [0.25, 0.3) is 0 Å². The van der Waals surface area contributed by atoms with Crippen LogP contribution in [-0.2, 0) is 25.0 Å². The topological polar surface area (TPSA) is 112 Å². The molecular formula is C19H19N5O4S. The minimum Gasteiger partial charge on any atom is -0.486 e. The molecule has 0 saturated carbocycles. The summed E-state index contributed by atoms with van der Waals surface area (Å²) < 4.78 is 7.35. The van der Waals surface area contributed by atoms with Crippen LogP contribution in [0, 0.1) is 10.1 Å². The minimum atomic E-state index is -0.466. The number of thioether (sulfide) groups is 1. The zero-order valence-corrected chi connectivity index (χ0v) is 16.5. The lowest BCUT2D eigenvalue weighted by Crippen LogP contribution is -2.24. The Balaban J connectivity index is 1.47. The minimum absolute atomic E-state index is 0.000218. The highest BCUT2D eigenvalue weighted by atomic mass is 32.2. The van der Waals surface area contributed by atoms with Gasteiger partial charge in [-0.3, -0.25) is 14.9 Å². The molecule has 150 valence electrons. The SMILES string of the molecule is Cn1c(COc2ccc([N+](=O)[O-])cc2)nnc1SCC(=O)NCc1ccccc1. The van der Waals surface area contributed by atoms with Crippen LogP contribution in [0.5, 0.6) is 5.75 Å². The van der Waals surface area contributed by atoms with E-state index in [0.717, 1.165) is 5.56 Å². The van der Waals surface area contributed by atoms with Gasteiger partial charge in [0.1, 0.15) is 12.4 Å². The zero-order valence-electron chi connectivity index (χ0n) is 15.6. The van der Waals surface area contributed by atoms with Crippen molar-refractivity contribution in [3.05, 3.63) is 76.1 Å². The van der Waals surface area contributed by atoms with E-state index in [1.54, 1.807) is 11.6 Å². The van der Waals surface area contributed by atoms with E-state index in [1.807, 2.05) is 30.3 Å². The highest BCUT2D eigenvalue weighted by Crippen LogP contribution is 2.19. The van der Waals surface area contributed by atoms with Crippen LogP contribution in [0.2, 0.25) is 0 Å². The Kier molecular flexibility index (Phi) is 6.80. The van der Waals surface area contributed by atoms with E-state index in [1.165, 1.54) is 36.0 Å². The van der Waals surface area contributed by atoms with Gasteiger partial charge >= 0.3 is 0 Å². The Morgan fingerprint density at radius 1 is 1.17 bits per heavy atom. The van der Waals surface area contributed by atoms with Gasteiger partial charge < -0.3 is 14.6 Å². The van der Waals surface area contributed by atoms with Crippen molar-refractivity contribution in [3.8, 4) is 5.75 Å². The predicted octanol–water partition coefficient (Wildman–Crippen LogP) is 2.71. The molecule has 0 aliphatic carbocycles. The lowest BCUT2D eigenvalue weighted by Gasteiger charge is -2.07. The van der Waals surface area contributed by atoms with Gasteiger partial charge in [-0.1, -0.05) is 42.1 Å². The summed E-state index contributed by atoms with van der Waals surface area (Å²) in [5.74, 6) is 1.20. The van der Waals surface area contributed by atoms with Gasteiger partial charge in [0.25, 0.3) is 5.69 Å². The first kappa shape index (κ1) is 20.3. The number of rotatable bonds is 9. The fourth-order valence-electron chi connectivity index (χ4n) is 2.39. The summed E-state index contributed by atoms with van der Waals surface area (Å²) in [4.78, 5) is 22.2. The smallest absolute Gasteiger partial charge is 0.269 e.